The molecule has 0 aliphatic heterocycles. The highest BCUT2D eigenvalue weighted by molar-refractivity contribution is 5.06. The van der Waals surface area contributed by atoms with Crippen molar-refractivity contribution in [1.29, 1.82) is 0 Å². The van der Waals surface area contributed by atoms with Gasteiger partial charge in [0, 0.05) is 24.4 Å². The van der Waals surface area contributed by atoms with Crippen LogP contribution < -0.4 is 11.3 Å². The summed E-state index contributed by atoms with van der Waals surface area (Å²) in [7, 11) is 0. The highest BCUT2D eigenvalue weighted by Crippen LogP contribution is 2.41. The minimum Gasteiger partial charge on any atom is -0.271 e. The molecule has 0 aromatic carbocycles. The number of nitrogens with zero attached hydrogens (tertiary/aromatic N) is 1. The molecule has 3 N–H and O–H groups in total. The summed E-state index contributed by atoms with van der Waals surface area (Å²) in [5.41, 5.74) is 1.67. The van der Waals surface area contributed by atoms with E-state index in [1.54, 1.807) is 5.43 Å². The summed E-state index contributed by atoms with van der Waals surface area (Å²) in [6.07, 6.45) is -10.2. The maximum absolute atomic E-state index is 12.5. The van der Waals surface area contributed by atoms with Crippen LogP contribution in [0.2, 0.25) is 0 Å². The first-order valence-corrected chi connectivity index (χ1v) is 5.15. The highest BCUT2D eigenvalue weighted by atomic mass is 19.4. The van der Waals surface area contributed by atoms with Crippen molar-refractivity contribution in [2.24, 2.45) is 11.8 Å². The van der Waals surface area contributed by atoms with Crippen molar-refractivity contribution in [2.75, 3.05) is 0 Å². The van der Waals surface area contributed by atoms with Crippen LogP contribution in [0.25, 0.3) is 0 Å². The van der Waals surface area contributed by atoms with Crippen molar-refractivity contribution in [3.05, 3.63) is 30.1 Å². The highest BCUT2D eigenvalue weighted by Gasteiger charge is 2.60. The lowest BCUT2D eigenvalue weighted by Crippen LogP contribution is -2.54. The van der Waals surface area contributed by atoms with Crippen molar-refractivity contribution in [1.82, 2.24) is 10.4 Å². The molecular formula is C10H11F6N3. The van der Waals surface area contributed by atoms with Crippen LogP contribution in [0.5, 0.6) is 0 Å². The normalized spacial score (nSPS) is 14.7. The number of halogens is 6. The Morgan fingerprint density at radius 2 is 1.68 bits per heavy atom. The lowest BCUT2D eigenvalue weighted by atomic mass is 9.94. The van der Waals surface area contributed by atoms with Crippen molar-refractivity contribution in [2.45, 2.75) is 24.8 Å². The predicted molar refractivity (Wildman–Crippen MR) is 54.7 cm³/mol. The molecule has 108 valence electrons. The van der Waals surface area contributed by atoms with E-state index < -0.39 is 30.7 Å². The molecule has 0 bridgehead atoms. The zero-order valence-electron chi connectivity index (χ0n) is 9.46. The number of alkyl halides is 6. The lowest BCUT2D eigenvalue weighted by molar-refractivity contribution is -0.291. The molecule has 1 aromatic rings. The van der Waals surface area contributed by atoms with Crippen LogP contribution in [-0.2, 0) is 6.42 Å². The molecular weight excluding hydrogens is 276 g/mol. The lowest BCUT2D eigenvalue weighted by Gasteiger charge is -2.29. The third-order valence-electron chi connectivity index (χ3n) is 2.48. The topological polar surface area (TPSA) is 50.9 Å². The largest absolute Gasteiger partial charge is 0.402 e. The molecule has 0 aliphatic rings. The Labute approximate surface area is 104 Å². The van der Waals surface area contributed by atoms with Gasteiger partial charge in [-0.25, -0.2) is 0 Å². The van der Waals surface area contributed by atoms with E-state index in [1.807, 2.05) is 0 Å². The molecule has 1 rings (SSSR count). The number of nitrogens with one attached hydrogen (secondary N) is 1. The molecule has 19 heavy (non-hydrogen) atoms. The fourth-order valence-electron chi connectivity index (χ4n) is 1.66. The van der Waals surface area contributed by atoms with Gasteiger partial charge in [0.25, 0.3) is 0 Å². The molecule has 0 aliphatic carbocycles. The maximum atomic E-state index is 12.5. The van der Waals surface area contributed by atoms with Gasteiger partial charge >= 0.3 is 12.4 Å². The third kappa shape index (κ3) is 4.35. The van der Waals surface area contributed by atoms with E-state index in [-0.39, 0.29) is 5.69 Å². The molecule has 1 atom stereocenters. The van der Waals surface area contributed by atoms with Gasteiger partial charge < -0.3 is 0 Å². The molecule has 9 heteroatoms. The van der Waals surface area contributed by atoms with Gasteiger partial charge in [-0.05, 0) is 12.1 Å². The summed E-state index contributed by atoms with van der Waals surface area (Å²) in [5, 5.41) is 0. The number of hydrogen-bond donors (Lipinski definition) is 2. The summed E-state index contributed by atoms with van der Waals surface area (Å²) >= 11 is 0. The third-order valence-corrected chi connectivity index (χ3v) is 2.48. The molecule has 0 saturated heterocycles. The average Bonchev–Trinajstić information content (AvgIpc) is 2.25. The maximum Gasteiger partial charge on any atom is 0.402 e. The van der Waals surface area contributed by atoms with Crippen molar-refractivity contribution in [3.63, 3.8) is 0 Å². The number of aromatic nitrogens is 1. The van der Waals surface area contributed by atoms with Gasteiger partial charge in [0.15, 0.2) is 5.92 Å². The van der Waals surface area contributed by atoms with E-state index in [9.17, 15) is 26.3 Å². The molecule has 1 aromatic heterocycles. The van der Waals surface area contributed by atoms with Crippen LogP contribution in [-0.4, -0.2) is 23.4 Å². The van der Waals surface area contributed by atoms with Gasteiger partial charge in [0.2, 0.25) is 0 Å². The summed E-state index contributed by atoms with van der Waals surface area (Å²) < 4.78 is 75.1. The van der Waals surface area contributed by atoms with E-state index >= 15 is 0 Å². The van der Waals surface area contributed by atoms with Crippen LogP contribution in [0.4, 0.5) is 26.3 Å². The zero-order valence-corrected chi connectivity index (χ0v) is 9.46. The van der Waals surface area contributed by atoms with Crippen LogP contribution >= 0.6 is 0 Å². The Morgan fingerprint density at radius 1 is 1.11 bits per heavy atom. The first-order valence-electron chi connectivity index (χ1n) is 5.15. The molecule has 0 spiro atoms. The molecule has 0 radical (unpaired) electrons. The summed E-state index contributed by atoms with van der Waals surface area (Å²) in [6.45, 7) is 0. The van der Waals surface area contributed by atoms with E-state index in [1.165, 1.54) is 24.4 Å². The van der Waals surface area contributed by atoms with Crippen LogP contribution in [0.1, 0.15) is 5.69 Å². The number of hydrogen-bond acceptors (Lipinski definition) is 3. The number of rotatable bonds is 4. The second-order valence-electron chi connectivity index (χ2n) is 3.86. The number of nitrogens with two attached hydrogens (primary N) is 1. The second kappa shape index (κ2) is 5.74. The fourth-order valence-corrected chi connectivity index (χ4v) is 1.66. The van der Waals surface area contributed by atoms with Gasteiger partial charge in [-0.3, -0.25) is 16.3 Å². The van der Waals surface area contributed by atoms with Gasteiger partial charge in [0.05, 0.1) is 0 Å². The zero-order chi connectivity index (χ0) is 14.7. The van der Waals surface area contributed by atoms with Crippen LogP contribution in [0.3, 0.4) is 0 Å². The van der Waals surface area contributed by atoms with E-state index in [0.717, 1.165) is 0 Å². The minimum atomic E-state index is -5.44. The van der Waals surface area contributed by atoms with Crippen LogP contribution in [0, 0.1) is 5.92 Å². The second-order valence-corrected chi connectivity index (χ2v) is 3.86. The van der Waals surface area contributed by atoms with Gasteiger partial charge in [0.1, 0.15) is 0 Å². The summed E-state index contributed by atoms with van der Waals surface area (Å²) in [5.74, 6) is 1.29. The summed E-state index contributed by atoms with van der Waals surface area (Å²) in [4.78, 5) is 3.68. The average molecular weight is 287 g/mol. The first-order chi connectivity index (χ1) is 8.66. The SMILES string of the molecule is NNC(Cc1ccccn1)C(C(F)(F)F)C(F)(F)F. The van der Waals surface area contributed by atoms with Gasteiger partial charge in [-0.1, -0.05) is 6.07 Å². The van der Waals surface area contributed by atoms with Crippen molar-refractivity contribution < 1.29 is 26.3 Å². The van der Waals surface area contributed by atoms with Crippen LogP contribution in [0.15, 0.2) is 24.4 Å². The van der Waals surface area contributed by atoms with Gasteiger partial charge in [-0.15, -0.1) is 0 Å². The standard InChI is InChI=1S/C10H11F6N3/c11-9(12,13)8(10(14,15)16)7(19-17)5-6-3-1-2-4-18-6/h1-4,7-8,19H,5,17H2. The molecule has 1 heterocycles. The number of pyridine rings is 1. The molecule has 0 saturated carbocycles. The predicted octanol–water partition coefficient (Wildman–Crippen LogP) is 2.20. The van der Waals surface area contributed by atoms with E-state index in [4.69, 9.17) is 5.84 Å². The Hall–Kier alpha value is -1.35. The Balaban J connectivity index is 2.98. The quantitative estimate of drug-likeness (QED) is 0.507. The molecule has 0 fully saturated rings. The van der Waals surface area contributed by atoms with E-state index in [2.05, 4.69) is 4.98 Å². The monoisotopic (exact) mass is 287 g/mol. The fraction of sp³-hybridized carbons (Fsp3) is 0.500. The minimum absolute atomic E-state index is 0.0870. The Bertz CT molecular complexity index is 374. The van der Waals surface area contributed by atoms with Crippen molar-refractivity contribution in [3.8, 4) is 0 Å². The molecule has 1 unspecified atom stereocenters. The van der Waals surface area contributed by atoms with E-state index in [0.29, 0.717) is 0 Å². The smallest absolute Gasteiger partial charge is 0.271 e. The number of hydrazine groups is 1. The Kier molecular flexibility index (Phi) is 4.75. The summed E-state index contributed by atoms with van der Waals surface area (Å²) in [6, 6.07) is 2.26. The molecule has 3 nitrogen and oxygen atoms in total. The molecule has 0 amide bonds. The first kappa shape index (κ1) is 15.7. The van der Waals surface area contributed by atoms with Crippen molar-refractivity contribution >= 4 is 0 Å². The Morgan fingerprint density at radius 3 is 2.05 bits per heavy atom. The van der Waals surface area contributed by atoms with Gasteiger partial charge in [-0.2, -0.15) is 26.3 Å².